The molecule has 3 atom stereocenters. The number of fused-ring (bicyclic) bond motifs is 1. The summed E-state index contributed by atoms with van der Waals surface area (Å²) in [7, 11) is 1.71. The first kappa shape index (κ1) is 25.6. The first-order valence-electron chi connectivity index (χ1n) is 12.5. The number of nitrogens with one attached hydrogen (secondary N) is 1. The van der Waals surface area contributed by atoms with E-state index in [1.165, 1.54) is 12.1 Å². The molecule has 192 valence electrons. The van der Waals surface area contributed by atoms with Gasteiger partial charge in [0.25, 0.3) is 0 Å². The summed E-state index contributed by atoms with van der Waals surface area (Å²) in [6.07, 6.45) is 1.54. The van der Waals surface area contributed by atoms with Gasteiger partial charge in [0.05, 0.1) is 19.1 Å². The number of hydrazine groups is 1. The molecule has 2 heterocycles. The van der Waals surface area contributed by atoms with Crippen LogP contribution in [0, 0.1) is 5.82 Å². The molecule has 2 saturated heterocycles. The van der Waals surface area contributed by atoms with Crippen LogP contribution in [0.15, 0.2) is 54.6 Å². The van der Waals surface area contributed by atoms with E-state index in [1.807, 2.05) is 44.2 Å². The molecule has 0 bridgehead atoms. The van der Waals surface area contributed by atoms with Gasteiger partial charge >= 0.3 is 6.03 Å². The van der Waals surface area contributed by atoms with Gasteiger partial charge in [0.1, 0.15) is 18.0 Å². The number of piperazine rings is 1. The minimum atomic E-state index is -0.655. The molecule has 2 aliphatic heterocycles. The molecule has 36 heavy (non-hydrogen) atoms. The zero-order chi connectivity index (χ0) is 25.8. The normalized spacial score (nSPS) is 21.4. The summed E-state index contributed by atoms with van der Waals surface area (Å²) in [5.74, 6) is -0.652. The summed E-state index contributed by atoms with van der Waals surface area (Å²) < 4.78 is 13.5. The van der Waals surface area contributed by atoms with E-state index in [0.29, 0.717) is 13.0 Å². The van der Waals surface area contributed by atoms with Gasteiger partial charge < -0.3 is 15.1 Å². The topological polar surface area (TPSA) is 76.2 Å². The molecule has 1 unspecified atom stereocenters. The molecule has 0 aliphatic carbocycles. The number of hydrogen-bond acceptors (Lipinski definition) is 4. The van der Waals surface area contributed by atoms with E-state index in [0.717, 1.165) is 24.0 Å². The number of carbonyl (C=O) groups excluding carboxylic acids is 3. The van der Waals surface area contributed by atoms with Gasteiger partial charge in [-0.05, 0) is 36.6 Å². The molecular formula is C27H34FN5O3. The molecule has 8 nitrogen and oxygen atoms in total. The van der Waals surface area contributed by atoms with Crippen LogP contribution in [-0.4, -0.2) is 70.0 Å². The van der Waals surface area contributed by atoms with Gasteiger partial charge in [0.2, 0.25) is 11.8 Å². The van der Waals surface area contributed by atoms with Crippen molar-refractivity contribution in [3.8, 4) is 0 Å². The minimum absolute atomic E-state index is 0.0126. The number of urea groups is 1. The molecule has 2 aromatic rings. The van der Waals surface area contributed by atoms with E-state index in [1.54, 1.807) is 39.0 Å². The van der Waals surface area contributed by atoms with Crippen molar-refractivity contribution < 1.29 is 18.8 Å². The molecule has 0 radical (unpaired) electrons. The Bertz CT molecular complexity index is 1080. The largest absolute Gasteiger partial charge is 0.334 e. The summed E-state index contributed by atoms with van der Waals surface area (Å²) >= 11 is 0. The first-order valence-corrected chi connectivity index (χ1v) is 12.5. The lowest BCUT2D eigenvalue weighted by Crippen LogP contribution is -2.76. The summed E-state index contributed by atoms with van der Waals surface area (Å²) in [6.45, 7) is 4.46. The van der Waals surface area contributed by atoms with E-state index in [4.69, 9.17) is 0 Å². The van der Waals surface area contributed by atoms with Crippen molar-refractivity contribution in [1.82, 2.24) is 25.1 Å². The quantitative estimate of drug-likeness (QED) is 0.638. The third-order valence-electron chi connectivity index (χ3n) is 7.03. The molecular weight excluding hydrogens is 461 g/mol. The van der Waals surface area contributed by atoms with Crippen LogP contribution in [0.3, 0.4) is 0 Å². The number of likely N-dealkylation sites (N-methyl/N-ethyl adjacent to an activating group) is 1. The zero-order valence-electron chi connectivity index (χ0n) is 21.1. The number of nitrogens with zero attached hydrogens (tertiary/aromatic N) is 4. The van der Waals surface area contributed by atoms with E-state index < -0.39 is 12.2 Å². The number of carbonyl (C=O) groups is 3. The average Bonchev–Trinajstić information content (AvgIpc) is 2.87. The van der Waals surface area contributed by atoms with Crippen molar-refractivity contribution in [1.29, 1.82) is 0 Å². The maximum Gasteiger partial charge on any atom is 0.334 e. The molecule has 2 aliphatic rings. The van der Waals surface area contributed by atoms with Crippen LogP contribution >= 0.6 is 0 Å². The van der Waals surface area contributed by atoms with Crippen LogP contribution in [0.1, 0.15) is 50.3 Å². The van der Waals surface area contributed by atoms with Gasteiger partial charge in [-0.1, -0.05) is 62.2 Å². The number of halogens is 1. The Kier molecular flexibility index (Phi) is 7.88. The van der Waals surface area contributed by atoms with Crippen LogP contribution < -0.4 is 5.32 Å². The van der Waals surface area contributed by atoms with E-state index in [-0.39, 0.29) is 42.8 Å². The Labute approximate surface area is 211 Å². The third-order valence-corrected chi connectivity index (χ3v) is 7.03. The highest BCUT2D eigenvalue weighted by Crippen LogP contribution is 2.33. The predicted octanol–water partition coefficient (Wildman–Crippen LogP) is 3.51. The fourth-order valence-corrected chi connectivity index (χ4v) is 5.06. The third kappa shape index (κ3) is 5.21. The van der Waals surface area contributed by atoms with Gasteiger partial charge in [-0.3, -0.25) is 9.59 Å². The van der Waals surface area contributed by atoms with Crippen molar-refractivity contribution in [2.24, 2.45) is 0 Å². The van der Waals surface area contributed by atoms with E-state index in [9.17, 15) is 18.8 Å². The molecule has 2 aromatic carbocycles. The van der Waals surface area contributed by atoms with E-state index >= 15 is 0 Å². The molecule has 1 N–H and O–H groups in total. The van der Waals surface area contributed by atoms with Gasteiger partial charge in [-0.2, -0.15) is 0 Å². The Hall–Kier alpha value is -3.46. The van der Waals surface area contributed by atoms with Crippen LogP contribution in [0.5, 0.6) is 0 Å². The van der Waals surface area contributed by atoms with E-state index in [2.05, 4.69) is 5.32 Å². The van der Waals surface area contributed by atoms with Gasteiger partial charge in [-0.25, -0.2) is 19.2 Å². The van der Waals surface area contributed by atoms with Crippen LogP contribution in [-0.2, 0) is 16.1 Å². The lowest BCUT2D eigenvalue weighted by atomic mass is 9.98. The SMILES string of the molecule is CCCC[C@H]1C(=O)N(C(C)c2ccc(F)cc2)C[C@H]2N1C(=O)CN(C)N2C(=O)NCc1ccccc1. The molecule has 9 heteroatoms. The number of benzene rings is 2. The number of rotatable bonds is 7. The number of unbranched alkanes of at least 4 members (excludes halogenated alkanes) is 1. The molecule has 0 aromatic heterocycles. The summed E-state index contributed by atoms with van der Waals surface area (Å²) in [5.41, 5.74) is 1.76. The van der Waals surface area contributed by atoms with Crippen LogP contribution in [0.4, 0.5) is 9.18 Å². The number of hydrogen-bond donors (Lipinski definition) is 1. The number of amides is 4. The van der Waals surface area contributed by atoms with Gasteiger partial charge in [0.15, 0.2) is 0 Å². The summed E-state index contributed by atoms with van der Waals surface area (Å²) in [4.78, 5) is 43.7. The predicted molar refractivity (Wildman–Crippen MR) is 134 cm³/mol. The molecule has 4 amide bonds. The standard InChI is InChI=1S/C27H34FN5O3/c1-4-5-11-23-26(35)31(19(2)21-12-14-22(28)15-13-21)17-24-32(23)25(34)18-30(3)33(24)27(36)29-16-20-9-7-6-8-10-20/h6-10,12-15,19,23-24H,4-5,11,16-18H2,1-3H3,(H,29,36)/t19?,23-,24-/m0/s1. The van der Waals surface area contributed by atoms with Gasteiger partial charge in [-0.15, -0.1) is 0 Å². The summed E-state index contributed by atoms with van der Waals surface area (Å²) in [5, 5.41) is 6.14. The highest BCUT2D eigenvalue weighted by Gasteiger charge is 2.51. The van der Waals surface area contributed by atoms with Gasteiger partial charge in [0, 0.05) is 13.6 Å². The summed E-state index contributed by atoms with van der Waals surface area (Å²) in [6, 6.07) is 14.4. The second-order valence-electron chi connectivity index (χ2n) is 9.46. The molecule has 0 saturated carbocycles. The van der Waals surface area contributed by atoms with Crippen molar-refractivity contribution >= 4 is 17.8 Å². The smallest absolute Gasteiger partial charge is 0.333 e. The molecule has 4 rings (SSSR count). The Balaban J connectivity index is 1.63. The second-order valence-corrected chi connectivity index (χ2v) is 9.46. The Morgan fingerprint density at radius 1 is 1.11 bits per heavy atom. The Morgan fingerprint density at radius 3 is 2.47 bits per heavy atom. The maximum absolute atomic E-state index is 13.7. The molecule has 0 spiro atoms. The van der Waals surface area contributed by atoms with Crippen molar-refractivity contribution in [2.75, 3.05) is 20.1 Å². The van der Waals surface area contributed by atoms with Crippen molar-refractivity contribution in [2.45, 2.75) is 57.9 Å². The first-order chi connectivity index (χ1) is 17.3. The zero-order valence-corrected chi connectivity index (χ0v) is 21.1. The fourth-order valence-electron chi connectivity index (χ4n) is 5.06. The van der Waals surface area contributed by atoms with Crippen molar-refractivity contribution in [3.63, 3.8) is 0 Å². The monoisotopic (exact) mass is 495 g/mol. The highest BCUT2D eigenvalue weighted by atomic mass is 19.1. The second kappa shape index (κ2) is 11.1. The minimum Gasteiger partial charge on any atom is -0.333 e. The fraction of sp³-hybridized carbons (Fsp3) is 0.444. The maximum atomic E-state index is 13.7. The average molecular weight is 496 g/mol. The van der Waals surface area contributed by atoms with Crippen LogP contribution in [0.2, 0.25) is 0 Å². The lowest BCUT2D eigenvalue weighted by Gasteiger charge is -2.55. The van der Waals surface area contributed by atoms with Crippen LogP contribution in [0.25, 0.3) is 0 Å². The lowest BCUT2D eigenvalue weighted by molar-refractivity contribution is -0.189. The van der Waals surface area contributed by atoms with Crippen molar-refractivity contribution in [3.05, 3.63) is 71.5 Å². The highest BCUT2D eigenvalue weighted by molar-refractivity contribution is 5.91. The molecule has 2 fully saturated rings. The Morgan fingerprint density at radius 2 is 1.81 bits per heavy atom.